The van der Waals surface area contributed by atoms with E-state index in [-0.39, 0.29) is 23.3 Å². The third kappa shape index (κ3) is 4.36. The maximum Gasteiger partial charge on any atom is 0.267 e. The summed E-state index contributed by atoms with van der Waals surface area (Å²) in [6, 6.07) is -0.612. The molecular weight excluding hydrogens is 258 g/mol. The molecule has 112 valence electrons. The lowest BCUT2D eigenvalue weighted by Crippen LogP contribution is -2.51. The molecular formula is C14H23N3O3. The molecule has 1 aliphatic rings. The van der Waals surface area contributed by atoms with Gasteiger partial charge in [-0.05, 0) is 25.7 Å². The SMILES string of the molecule is CC(=O)/C=C(\N)C(=O)NC(C(=O)N1CCCC1)C(C)C. The van der Waals surface area contributed by atoms with Crippen molar-refractivity contribution in [3.05, 3.63) is 11.8 Å². The number of nitrogens with one attached hydrogen (secondary N) is 1. The maximum absolute atomic E-state index is 12.4. The zero-order valence-electron chi connectivity index (χ0n) is 12.3. The quantitative estimate of drug-likeness (QED) is 0.703. The fourth-order valence-corrected chi connectivity index (χ4v) is 2.16. The Balaban J connectivity index is 2.74. The second-order valence-electron chi connectivity index (χ2n) is 5.44. The Labute approximate surface area is 119 Å². The summed E-state index contributed by atoms with van der Waals surface area (Å²) in [7, 11) is 0. The minimum atomic E-state index is -0.612. The molecule has 1 aliphatic heterocycles. The lowest BCUT2D eigenvalue weighted by molar-refractivity contribution is -0.136. The smallest absolute Gasteiger partial charge is 0.267 e. The molecule has 0 aromatic heterocycles. The van der Waals surface area contributed by atoms with Gasteiger partial charge in [-0.25, -0.2) is 0 Å². The Morgan fingerprint density at radius 1 is 1.20 bits per heavy atom. The molecule has 0 saturated carbocycles. The highest BCUT2D eigenvalue weighted by atomic mass is 16.2. The van der Waals surface area contributed by atoms with E-state index in [1.54, 1.807) is 4.90 Å². The summed E-state index contributed by atoms with van der Waals surface area (Å²) < 4.78 is 0. The van der Waals surface area contributed by atoms with E-state index in [1.165, 1.54) is 6.92 Å². The van der Waals surface area contributed by atoms with E-state index in [2.05, 4.69) is 5.32 Å². The molecule has 6 heteroatoms. The Kier molecular flexibility index (Phi) is 5.73. The van der Waals surface area contributed by atoms with E-state index in [0.717, 1.165) is 32.0 Å². The number of likely N-dealkylation sites (tertiary alicyclic amines) is 1. The van der Waals surface area contributed by atoms with Crippen molar-refractivity contribution in [3.8, 4) is 0 Å². The third-order valence-electron chi connectivity index (χ3n) is 3.26. The fourth-order valence-electron chi connectivity index (χ4n) is 2.16. The van der Waals surface area contributed by atoms with Crippen LogP contribution in [0.3, 0.4) is 0 Å². The first kappa shape index (κ1) is 16.2. The fraction of sp³-hybridized carbons (Fsp3) is 0.643. The van der Waals surface area contributed by atoms with E-state index >= 15 is 0 Å². The molecule has 1 fully saturated rings. The number of nitrogens with two attached hydrogens (primary N) is 1. The zero-order chi connectivity index (χ0) is 15.3. The van der Waals surface area contributed by atoms with Gasteiger partial charge in [0.2, 0.25) is 5.91 Å². The van der Waals surface area contributed by atoms with Gasteiger partial charge in [0.05, 0.1) is 0 Å². The van der Waals surface area contributed by atoms with E-state index in [0.29, 0.717) is 0 Å². The van der Waals surface area contributed by atoms with Crippen LogP contribution in [0.2, 0.25) is 0 Å². The summed E-state index contributed by atoms with van der Waals surface area (Å²) in [5, 5.41) is 2.62. The van der Waals surface area contributed by atoms with Gasteiger partial charge < -0.3 is 16.0 Å². The highest BCUT2D eigenvalue weighted by Crippen LogP contribution is 2.13. The predicted octanol–water partition coefficient (Wildman–Crippen LogP) is 0.181. The van der Waals surface area contributed by atoms with Crippen molar-refractivity contribution < 1.29 is 14.4 Å². The first-order valence-electron chi connectivity index (χ1n) is 6.90. The van der Waals surface area contributed by atoms with Gasteiger partial charge in [0.15, 0.2) is 5.78 Å². The second kappa shape index (κ2) is 7.07. The first-order valence-corrected chi connectivity index (χ1v) is 6.90. The number of hydrogen-bond donors (Lipinski definition) is 2. The number of rotatable bonds is 5. The van der Waals surface area contributed by atoms with Crippen LogP contribution in [-0.4, -0.2) is 41.6 Å². The topological polar surface area (TPSA) is 92.5 Å². The molecule has 6 nitrogen and oxygen atoms in total. The van der Waals surface area contributed by atoms with Crippen LogP contribution in [0.15, 0.2) is 11.8 Å². The van der Waals surface area contributed by atoms with Crippen LogP contribution >= 0.6 is 0 Å². The van der Waals surface area contributed by atoms with Gasteiger partial charge >= 0.3 is 0 Å². The lowest BCUT2D eigenvalue weighted by atomic mass is 10.0. The number of hydrogen-bond acceptors (Lipinski definition) is 4. The number of amides is 2. The summed E-state index contributed by atoms with van der Waals surface area (Å²) in [5.74, 6) is -1.00. The number of carbonyl (C=O) groups excluding carboxylic acids is 3. The van der Waals surface area contributed by atoms with Crippen LogP contribution in [0.4, 0.5) is 0 Å². The van der Waals surface area contributed by atoms with Crippen LogP contribution < -0.4 is 11.1 Å². The van der Waals surface area contributed by atoms with Crippen molar-refractivity contribution in [2.24, 2.45) is 11.7 Å². The van der Waals surface area contributed by atoms with Crippen molar-refractivity contribution in [1.29, 1.82) is 0 Å². The highest BCUT2D eigenvalue weighted by Gasteiger charge is 2.30. The summed E-state index contributed by atoms with van der Waals surface area (Å²) in [4.78, 5) is 36.9. The van der Waals surface area contributed by atoms with E-state index < -0.39 is 11.9 Å². The molecule has 1 heterocycles. The minimum absolute atomic E-state index is 0.0443. The van der Waals surface area contributed by atoms with Crippen LogP contribution in [-0.2, 0) is 14.4 Å². The molecule has 0 aromatic rings. The van der Waals surface area contributed by atoms with E-state index in [1.807, 2.05) is 13.8 Å². The molecule has 0 bridgehead atoms. The standard InChI is InChI=1S/C14H23N3O3/c1-9(2)12(14(20)17-6-4-5-7-17)16-13(19)11(15)8-10(3)18/h8-9,12H,4-7,15H2,1-3H3,(H,16,19)/b11-8-. The Hall–Kier alpha value is -1.85. The molecule has 1 saturated heterocycles. The molecule has 0 aromatic carbocycles. The normalized spacial score (nSPS) is 17.2. The van der Waals surface area contributed by atoms with Gasteiger partial charge in [-0.1, -0.05) is 13.8 Å². The maximum atomic E-state index is 12.4. The van der Waals surface area contributed by atoms with Crippen molar-refractivity contribution in [1.82, 2.24) is 10.2 Å². The lowest BCUT2D eigenvalue weighted by Gasteiger charge is -2.26. The van der Waals surface area contributed by atoms with Gasteiger partial charge in [-0.2, -0.15) is 0 Å². The average molecular weight is 281 g/mol. The van der Waals surface area contributed by atoms with Gasteiger partial charge in [-0.3, -0.25) is 14.4 Å². The number of carbonyl (C=O) groups is 3. The van der Waals surface area contributed by atoms with Crippen LogP contribution in [0.25, 0.3) is 0 Å². The second-order valence-corrected chi connectivity index (χ2v) is 5.44. The van der Waals surface area contributed by atoms with E-state index in [4.69, 9.17) is 5.73 Å². The first-order chi connectivity index (χ1) is 9.32. The molecule has 20 heavy (non-hydrogen) atoms. The van der Waals surface area contributed by atoms with Gasteiger partial charge in [0.1, 0.15) is 11.7 Å². The molecule has 1 unspecified atom stereocenters. The van der Waals surface area contributed by atoms with Gasteiger partial charge in [-0.15, -0.1) is 0 Å². The molecule has 3 N–H and O–H groups in total. The highest BCUT2D eigenvalue weighted by molar-refractivity contribution is 6.01. The van der Waals surface area contributed by atoms with Crippen LogP contribution in [0.5, 0.6) is 0 Å². The zero-order valence-corrected chi connectivity index (χ0v) is 12.3. The van der Waals surface area contributed by atoms with E-state index in [9.17, 15) is 14.4 Å². The number of nitrogens with zero attached hydrogens (tertiary/aromatic N) is 1. The van der Waals surface area contributed by atoms with Crippen molar-refractivity contribution in [3.63, 3.8) is 0 Å². The summed E-state index contributed by atoms with van der Waals surface area (Å²) >= 11 is 0. The van der Waals surface area contributed by atoms with Gasteiger partial charge in [0, 0.05) is 19.2 Å². The molecule has 2 amide bonds. The Morgan fingerprint density at radius 2 is 1.75 bits per heavy atom. The average Bonchev–Trinajstić information content (AvgIpc) is 2.87. The molecule has 1 atom stereocenters. The largest absolute Gasteiger partial charge is 0.394 e. The van der Waals surface area contributed by atoms with Crippen LogP contribution in [0.1, 0.15) is 33.6 Å². The molecule has 0 aliphatic carbocycles. The number of ketones is 1. The summed E-state index contributed by atoms with van der Waals surface area (Å²) in [6.07, 6.45) is 3.06. The van der Waals surface area contributed by atoms with Gasteiger partial charge in [0.25, 0.3) is 5.91 Å². The van der Waals surface area contributed by atoms with Crippen LogP contribution in [0, 0.1) is 5.92 Å². The molecule has 0 spiro atoms. The molecule has 0 radical (unpaired) electrons. The summed E-state index contributed by atoms with van der Waals surface area (Å²) in [5.41, 5.74) is 5.35. The summed E-state index contributed by atoms with van der Waals surface area (Å²) in [6.45, 7) is 6.51. The Morgan fingerprint density at radius 3 is 2.20 bits per heavy atom. The van der Waals surface area contributed by atoms with Crippen molar-refractivity contribution >= 4 is 17.6 Å². The third-order valence-corrected chi connectivity index (χ3v) is 3.26. The predicted molar refractivity (Wildman–Crippen MR) is 75.5 cm³/mol. The number of allylic oxidation sites excluding steroid dienone is 1. The van der Waals surface area contributed by atoms with Crippen molar-refractivity contribution in [2.75, 3.05) is 13.1 Å². The van der Waals surface area contributed by atoms with Crippen molar-refractivity contribution in [2.45, 2.75) is 39.7 Å². The Bertz CT molecular complexity index is 423. The molecule has 1 rings (SSSR count). The minimum Gasteiger partial charge on any atom is -0.394 e. The monoisotopic (exact) mass is 281 g/mol.